The van der Waals surface area contributed by atoms with Gasteiger partial charge in [-0.1, -0.05) is 82.0 Å². The molecule has 0 spiro atoms. The number of hydrogen-bond acceptors (Lipinski definition) is 2. The van der Waals surface area contributed by atoms with Crippen LogP contribution >= 0.6 is 11.6 Å². The monoisotopic (exact) mass is 336 g/mol. The molecule has 0 fully saturated rings. The number of nitrogens with one attached hydrogen (secondary N) is 1. The highest BCUT2D eigenvalue weighted by Crippen LogP contribution is 2.10. The van der Waals surface area contributed by atoms with Gasteiger partial charge in [0.2, 0.25) is 5.91 Å². The van der Waals surface area contributed by atoms with Crippen molar-refractivity contribution in [2.24, 2.45) is 5.10 Å². The van der Waals surface area contributed by atoms with E-state index in [-0.39, 0.29) is 5.91 Å². The number of halogens is 1. The van der Waals surface area contributed by atoms with Crippen LogP contribution in [0, 0.1) is 0 Å². The highest BCUT2D eigenvalue weighted by Gasteiger charge is 1.99. The van der Waals surface area contributed by atoms with Crippen LogP contribution in [-0.4, -0.2) is 12.1 Å². The number of benzene rings is 1. The molecule has 1 N–H and O–H groups in total. The second-order valence-corrected chi connectivity index (χ2v) is 6.36. The molecule has 0 heterocycles. The van der Waals surface area contributed by atoms with Crippen LogP contribution in [0.25, 0.3) is 0 Å². The third-order valence-corrected chi connectivity index (χ3v) is 4.03. The minimum Gasteiger partial charge on any atom is -0.273 e. The molecule has 0 aliphatic heterocycles. The van der Waals surface area contributed by atoms with Crippen LogP contribution < -0.4 is 5.43 Å². The van der Waals surface area contributed by atoms with Crippen LogP contribution in [0.5, 0.6) is 0 Å². The van der Waals surface area contributed by atoms with E-state index in [0.717, 1.165) is 18.4 Å². The molecule has 1 rings (SSSR count). The number of hydrazone groups is 1. The van der Waals surface area contributed by atoms with Gasteiger partial charge in [-0.25, -0.2) is 5.43 Å². The molecule has 1 aromatic carbocycles. The maximum Gasteiger partial charge on any atom is 0.240 e. The number of carbonyl (C=O) groups is 1. The van der Waals surface area contributed by atoms with Crippen molar-refractivity contribution in [3.05, 3.63) is 34.9 Å². The van der Waals surface area contributed by atoms with Gasteiger partial charge in [-0.15, -0.1) is 0 Å². The predicted molar refractivity (Wildman–Crippen MR) is 99.0 cm³/mol. The fourth-order valence-corrected chi connectivity index (χ4v) is 2.51. The molecule has 0 aromatic heterocycles. The summed E-state index contributed by atoms with van der Waals surface area (Å²) in [6, 6.07) is 7.32. The van der Waals surface area contributed by atoms with Crippen molar-refractivity contribution >= 4 is 23.7 Å². The third kappa shape index (κ3) is 10.9. The first-order valence-electron chi connectivity index (χ1n) is 8.80. The summed E-state index contributed by atoms with van der Waals surface area (Å²) in [5, 5.41) is 4.65. The molecule has 0 atom stereocenters. The molecule has 0 aliphatic carbocycles. The molecule has 0 unspecified atom stereocenters. The SMILES string of the molecule is CCCCCCCCCCCC(=O)NN=Cc1ccc(Cl)cc1. The van der Waals surface area contributed by atoms with Gasteiger partial charge in [0, 0.05) is 11.4 Å². The molecule has 1 aromatic rings. The molecular formula is C19H29ClN2O. The van der Waals surface area contributed by atoms with Crippen molar-refractivity contribution < 1.29 is 4.79 Å². The quantitative estimate of drug-likeness (QED) is 0.296. The first-order chi connectivity index (χ1) is 11.2. The van der Waals surface area contributed by atoms with Crippen molar-refractivity contribution in [1.82, 2.24) is 5.43 Å². The Hall–Kier alpha value is -1.35. The second-order valence-electron chi connectivity index (χ2n) is 5.92. The van der Waals surface area contributed by atoms with Crippen LogP contribution in [0.4, 0.5) is 0 Å². The second kappa shape index (κ2) is 13.1. The van der Waals surface area contributed by atoms with Crippen molar-refractivity contribution in [2.75, 3.05) is 0 Å². The molecule has 3 nitrogen and oxygen atoms in total. The van der Waals surface area contributed by atoms with Crippen molar-refractivity contribution in [2.45, 2.75) is 71.1 Å². The lowest BCUT2D eigenvalue weighted by atomic mass is 10.1. The number of amides is 1. The molecule has 4 heteroatoms. The first-order valence-corrected chi connectivity index (χ1v) is 9.17. The van der Waals surface area contributed by atoms with Crippen molar-refractivity contribution in [3.8, 4) is 0 Å². The summed E-state index contributed by atoms with van der Waals surface area (Å²) >= 11 is 5.81. The van der Waals surface area contributed by atoms with Crippen LogP contribution in [-0.2, 0) is 4.79 Å². The van der Waals surface area contributed by atoms with E-state index in [9.17, 15) is 4.79 Å². The van der Waals surface area contributed by atoms with Crippen LogP contribution in [0.3, 0.4) is 0 Å². The van der Waals surface area contributed by atoms with E-state index in [1.54, 1.807) is 18.3 Å². The Morgan fingerprint density at radius 3 is 2.17 bits per heavy atom. The average Bonchev–Trinajstić information content (AvgIpc) is 2.55. The molecular weight excluding hydrogens is 308 g/mol. The van der Waals surface area contributed by atoms with Gasteiger partial charge in [0.05, 0.1) is 6.21 Å². The van der Waals surface area contributed by atoms with Gasteiger partial charge in [-0.2, -0.15) is 5.10 Å². The maximum atomic E-state index is 11.6. The van der Waals surface area contributed by atoms with Crippen LogP contribution in [0.15, 0.2) is 29.4 Å². The van der Waals surface area contributed by atoms with Crippen LogP contribution in [0.2, 0.25) is 5.02 Å². The lowest BCUT2D eigenvalue weighted by Gasteiger charge is -2.02. The van der Waals surface area contributed by atoms with E-state index < -0.39 is 0 Å². The summed E-state index contributed by atoms with van der Waals surface area (Å²) in [5.41, 5.74) is 3.48. The maximum absolute atomic E-state index is 11.6. The largest absolute Gasteiger partial charge is 0.273 e. The Morgan fingerprint density at radius 2 is 1.57 bits per heavy atom. The highest BCUT2D eigenvalue weighted by molar-refractivity contribution is 6.30. The molecule has 0 bridgehead atoms. The van der Waals surface area contributed by atoms with E-state index in [1.807, 2.05) is 12.1 Å². The Labute approximate surface area is 145 Å². The van der Waals surface area contributed by atoms with E-state index >= 15 is 0 Å². The lowest BCUT2D eigenvalue weighted by molar-refractivity contribution is -0.121. The van der Waals surface area contributed by atoms with Gasteiger partial charge in [0.25, 0.3) is 0 Å². The summed E-state index contributed by atoms with van der Waals surface area (Å²) in [7, 11) is 0. The molecule has 128 valence electrons. The van der Waals surface area contributed by atoms with E-state index in [1.165, 1.54) is 44.9 Å². The lowest BCUT2D eigenvalue weighted by Crippen LogP contribution is -2.16. The van der Waals surface area contributed by atoms with Gasteiger partial charge >= 0.3 is 0 Å². The highest BCUT2D eigenvalue weighted by atomic mass is 35.5. The Kier molecular flexibility index (Phi) is 11.2. The average molecular weight is 337 g/mol. The van der Waals surface area contributed by atoms with Gasteiger partial charge in [0.1, 0.15) is 0 Å². The van der Waals surface area contributed by atoms with Gasteiger partial charge in [-0.05, 0) is 24.1 Å². The number of hydrogen-bond donors (Lipinski definition) is 1. The minimum atomic E-state index is -0.0156. The fraction of sp³-hybridized carbons (Fsp3) is 0.579. The van der Waals surface area contributed by atoms with Crippen LogP contribution in [0.1, 0.15) is 76.7 Å². The molecule has 0 radical (unpaired) electrons. The zero-order chi connectivity index (χ0) is 16.8. The Balaban J connectivity index is 1.99. The Bertz CT molecular complexity index is 457. The van der Waals surface area contributed by atoms with Gasteiger partial charge in [0.15, 0.2) is 0 Å². The van der Waals surface area contributed by atoms with Crippen molar-refractivity contribution in [3.63, 3.8) is 0 Å². The van der Waals surface area contributed by atoms with Gasteiger partial charge in [-0.3, -0.25) is 4.79 Å². The summed E-state index contributed by atoms with van der Waals surface area (Å²) in [5.74, 6) is -0.0156. The van der Waals surface area contributed by atoms with Crippen molar-refractivity contribution in [1.29, 1.82) is 0 Å². The summed E-state index contributed by atoms with van der Waals surface area (Å²) in [6.07, 6.45) is 13.5. The molecule has 1 amide bonds. The molecule has 0 aliphatic rings. The van der Waals surface area contributed by atoms with Gasteiger partial charge < -0.3 is 0 Å². The normalized spacial score (nSPS) is 11.0. The summed E-state index contributed by atoms with van der Waals surface area (Å²) in [4.78, 5) is 11.6. The number of unbranched alkanes of at least 4 members (excludes halogenated alkanes) is 8. The zero-order valence-electron chi connectivity index (χ0n) is 14.2. The number of nitrogens with zero attached hydrogens (tertiary/aromatic N) is 1. The van der Waals surface area contributed by atoms with E-state index in [2.05, 4.69) is 17.5 Å². The molecule has 0 saturated heterocycles. The molecule has 23 heavy (non-hydrogen) atoms. The number of carbonyl (C=O) groups excluding carboxylic acids is 1. The van der Waals surface area contributed by atoms with E-state index in [0.29, 0.717) is 11.4 Å². The Morgan fingerprint density at radius 1 is 1.00 bits per heavy atom. The third-order valence-electron chi connectivity index (χ3n) is 3.78. The fourth-order valence-electron chi connectivity index (χ4n) is 2.38. The molecule has 0 saturated carbocycles. The zero-order valence-corrected chi connectivity index (χ0v) is 14.9. The summed E-state index contributed by atoms with van der Waals surface area (Å²) < 4.78 is 0. The standard InChI is InChI=1S/C19H29ClN2O/c1-2-3-4-5-6-7-8-9-10-11-19(23)22-21-16-17-12-14-18(20)15-13-17/h12-16H,2-11H2,1H3,(H,22,23). The number of rotatable bonds is 12. The topological polar surface area (TPSA) is 41.5 Å². The minimum absolute atomic E-state index is 0.0156. The summed E-state index contributed by atoms with van der Waals surface area (Å²) in [6.45, 7) is 2.24. The smallest absolute Gasteiger partial charge is 0.240 e. The predicted octanol–water partition coefficient (Wildman–Crippen LogP) is 5.71. The van der Waals surface area contributed by atoms with E-state index in [4.69, 9.17) is 11.6 Å². The first kappa shape index (κ1) is 19.7.